The molecule has 4 nitrogen and oxygen atoms in total. The van der Waals surface area contributed by atoms with E-state index in [0.717, 1.165) is 17.0 Å². The van der Waals surface area contributed by atoms with Crippen molar-refractivity contribution in [3.8, 4) is 0 Å². The summed E-state index contributed by atoms with van der Waals surface area (Å²) in [6.45, 7) is 1.84. The van der Waals surface area contributed by atoms with Crippen molar-refractivity contribution < 1.29 is 9.21 Å². The van der Waals surface area contributed by atoms with Crippen LogP contribution in [0.2, 0.25) is 5.02 Å². The lowest BCUT2D eigenvalue weighted by molar-refractivity contribution is -0.134. The molecule has 1 amide bonds. The summed E-state index contributed by atoms with van der Waals surface area (Å²) in [5.74, 6) is 0.741. The van der Waals surface area contributed by atoms with Crippen LogP contribution in [0.3, 0.4) is 0 Å². The zero-order valence-electron chi connectivity index (χ0n) is 11.5. The molecule has 0 saturated carbocycles. The Balaban J connectivity index is 1.94. The molecule has 21 heavy (non-hydrogen) atoms. The van der Waals surface area contributed by atoms with Crippen LogP contribution in [0.5, 0.6) is 0 Å². The maximum atomic E-state index is 12.1. The molecular weight excluding hydrogens is 288 g/mol. The van der Waals surface area contributed by atoms with E-state index in [1.807, 2.05) is 49.4 Å². The predicted octanol–water partition coefficient (Wildman–Crippen LogP) is 3.77. The molecule has 1 aromatic carbocycles. The minimum atomic E-state index is -0.238. The molecule has 0 spiro atoms. The average molecular weight is 303 g/mol. The van der Waals surface area contributed by atoms with Crippen molar-refractivity contribution in [2.45, 2.75) is 19.4 Å². The minimum Gasteiger partial charge on any atom is -0.467 e. The number of carbonyl (C=O) groups excluding carboxylic acids is 1. The molecule has 0 saturated heterocycles. The summed E-state index contributed by atoms with van der Waals surface area (Å²) in [6.07, 6.45) is 4.01. The van der Waals surface area contributed by atoms with Gasteiger partial charge >= 0.3 is 0 Å². The van der Waals surface area contributed by atoms with Crippen LogP contribution in [-0.4, -0.2) is 10.9 Å². The van der Waals surface area contributed by atoms with Crippen molar-refractivity contribution in [3.05, 3.63) is 65.1 Å². The first-order valence-corrected chi connectivity index (χ1v) is 7.16. The second-order valence-electron chi connectivity index (χ2n) is 4.78. The number of hydrogen-bond acceptors (Lipinski definition) is 3. The highest BCUT2D eigenvalue weighted by atomic mass is 35.5. The smallest absolute Gasteiger partial charge is 0.241 e. The van der Waals surface area contributed by atoms with Crippen molar-refractivity contribution >= 4 is 23.2 Å². The monoisotopic (exact) mass is 302 g/mol. The molecule has 0 fully saturated rings. The lowest BCUT2D eigenvalue weighted by Gasteiger charge is -2.23. The van der Waals surface area contributed by atoms with E-state index in [2.05, 4.69) is 5.43 Å². The molecule has 1 aliphatic heterocycles. The molecule has 2 heterocycles. The van der Waals surface area contributed by atoms with E-state index >= 15 is 0 Å². The van der Waals surface area contributed by atoms with Crippen LogP contribution in [0.25, 0.3) is 5.70 Å². The number of hydrazine groups is 1. The largest absolute Gasteiger partial charge is 0.467 e. The fourth-order valence-electron chi connectivity index (χ4n) is 2.32. The highest BCUT2D eigenvalue weighted by Gasteiger charge is 2.31. The van der Waals surface area contributed by atoms with E-state index in [0.29, 0.717) is 11.4 Å². The topological polar surface area (TPSA) is 45.5 Å². The maximum Gasteiger partial charge on any atom is 0.241 e. The summed E-state index contributed by atoms with van der Waals surface area (Å²) in [7, 11) is 0. The van der Waals surface area contributed by atoms with Gasteiger partial charge in [0.25, 0.3) is 0 Å². The Bertz CT molecular complexity index is 662. The standard InChI is InChI=1S/C16H15ClN2O2/c1-2-16(20)19-14(15-4-3-9-21-15)10-13(18-19)11-5-7-12(17)8-6-11/h3-10,14,18H,2H2,1H3/t14-/m1/s1. The molecule has 1 atom stereocenters. The summed E-state index contributed by atoms with van der Waals surface area (Å²) in [4.78, 5) is 12.1. The molecule has 5 heteroatoms. The molecule has 1 N–H and O–H groups in total. The summed E-state index contributed by atoms with van der Waals surface area (Å²) < 4.78 is 5.45. The fraction of sp³-hybridized carbons (Fsp3) is 0.188. The third-order valence-corrected chi connectivity index (χ3v) is 3.66. The van der Waals surface area contributed by atoms with Crippen LogP contribution in [0.4, 0.5) is 0 Å². The number of nitrogens with one attached hydrogen (secondary N) is 1. The van der Waals surface area contributed by atoms with Crippen LogP contribution < -0.4 is 5.43 Å². The molecule has 0 radical (unpaired) electrons. The van der Waals surface area contributed by atoms with Gasteiger partial charge in [0.15, 0.2) is 0 Å². The first-order valence-electron chi connectivity index (χ1n) is 6.79. The third kappa shape index (κ3) is 2.67. The number of furan rings is 1. The Morgan fingerprint density at radius 3 is 2.71 bits per heavy atom. The number of rotatable bonds is 3. The average Bonchev–Trinajstić information content (AvgIpc) is 3.16. The Labute approximate surface area is 128 Å². The molecule has 1 aliphatic rings. The predicted molar refractivity (Wildman–Crippen MR) is 81.2 cm³/mol. The van der Waals surface area contributed by atoms with E-state index in [1.54, 1.807) is 11.3 Å². The first kappa shape index (κ1) is 13.8. The lowest BCUT2D eigenvalue weighted by atomic mass is 10.1. The lowest BCUT2D eigenvalue weighted by Crippen LogP contribution is -2.38. The Hall–Kier alpha value is -2.20. The van der Waals surface area contributed by atoms with Gasteiger partial charge in [-0.25, -0.2) is 5.01 Å². The highest BCUT2D eigenvalue weighted by Crippen LogP contribution is 2.32. The Kier molecular flexibility index (Phi) is 3.71. The molecule has 3 rings (SSSR count). The molecule has 1 aromatic heterocycles. The SMILES string of the molecule is CCC(=O)N1NC(c2ccc(Cl)cc2)=C[C@@H]1c1ccco1. The van der Waals surface area contributed by atoms with Crippen LogP contribution in [0, 0.1) is 0 Å². The molecular formula is C16H15ClN2O2. The van der Waals surface area contributed by atoms with Gasteiger partial charge in [-0.15, -0.1) is 0 Å². The van der Waals surface area contributed by atoms with E-state index in [4.69, 9.17) is 16.0 Å². The summed E-state index contributed by atoms with van der Waals surface area (Å²) in [5.41, 5.74) is 5.00. The Morgan fingerprint density at radius 2 is 2.10 bits per heavy atom. The van der Waals surface area contributed by atoms with Crippen molar-refractivity contribution in [3.63, 3.8) is 0 Å². The number of nitrogens with zero attached hydrogens (tertiary/aromatic N) is 1. The van der Waals surface area contributed by atoms with Crippen LogP contribution >= 0.6 is 11.6 Å². The van der Waals surface area contributed by atoms with Crippen LogP contribution in [0.15, 0.2) is 53.2 Å². The molecule has 0 aliphatic carbocycles. The molecule has 0 bridgehead atoms. The fourth-order valence-corrected chi connectivity index (χ4v) is 2.44. The Morgan fingerprint density at radius 1 is 1.33 bits per heavy atom. The van der Waals surface area contributed by atoms with Gasteiger partial charge in [0.1, 0.15) is 11.8 Å². The quantitative estimate of drug-likeness (QED) is 0.938. The summed E-state index contributed by atoms with van der Waals surface area (Å²) in [5, 5.41) is 2.28. The summed E-state index contributed by atoms with van der Waals surface area (Å²) >= 11 is 5.91. The minimum absolute atomic E-state index is 0.0108. The number of carbonyl (C=O) groups is 1. The summed E-state index contributed by atoms with van der Waals surface area (Å²) in [6, 6.07) is 10.9. The van der Waals surface area contributed by atoms with Crippen molar-refractivity contribution in [1.29, 1.82) is 0 Å². The maximum absolute atomic E-state index is 12.1. The van der Waals surface area contributed by atoms with Gasteiger partial charge in [0.05, 0.1) is 12.0 Å². The van der Waals surface area contributed by atoms with Gasteiger partial charge in [0.2, 0.25) is 5.91 Å². The van der Waals surface area contributed by atoms with Gasteiger partial charge in [-0.3, -0.25) is 10.2 Å². The van der Waals surface area contributed by atoms with Gasteiger partial charge in [0, 0.05) is 11.4 Å². The molecule has 108 valence electrons. The van der Waals surface area contributed by atoms with Gasteiger partial charge in [-0.05, 0) is 35.9 Å². The van der Waals surface area contributed by atoms with Crippen molar-refractivity contribution in [1.82, 2.24) is 10.4 Å². The second-order valence-corrected chi connectivity index (χ2v) is 5.21. The van der Waals surface area contributed by atoms with Crippen molar-refractivity contribution in [2.24, 2.45) is 0 Å². The number of amides is 1. The van der Waals surface area contributed by atoms with Gasteiger partial charge < -0.3 is 4.42 Å². The van der Waals surface area contributed by atoms with Crippen LogP contribution in [0.1, 0.15) is 30.7 Å². The second kappa shape index (κ2) is 5.66. The number of benzene rings is 1. The van der Waals surface area contributed by atoms with E-state index in [-0.39, 0.29) is 11.9 Å². The molecule has 0 unspecified atom stereocenters. The van der Waals surface area contributed by atoms with Crippen LogP contribution in [-0.2, 0) is 4.79 Å². The zero-order valence-corrected chi connectivity index (χ0v) is 12.3. The zero-order chi connectivity index (χ0) is 14.8. The number of halogens is 1. The van der Waals surface area contributed by atoms with Gasteiger partial charge in [-0.2, -0.15) is 0 Å². The number of hydrogen-bond donors (Lipinski definition) is 1. The van der Waals surface area contributed by atoms with E-state index in [1.165, 1.54) is 0 Å². The van der Waals surface area contributed by atoms with E-state index < -0.39 is 0 Å². The molecule has 2 aromatic rings. The van der Waals surface area contributed by atoms with Gasteiger partial charge in [-0.1, -0.05) is 30.7 Å². The van der Waals surface area contributed by atoms with E-state index in [9.17, 15) is 4.79 Å². The van der Waals surface area contributed by atoms with Crippen molar-refractivity contribution in [2.75, 3.05) is 0 Å². The third-order valence-electron chi connectivity index (χ3n) is 3.40. The normalized spacial score (nSPS) is 17.5. The first-order chi connectivity index (χ1) is 10.2. The highest BCUT2D eigenvalue weighted by molar-refractivity contribution is 6.30.